The van der Waals surface area contributed by atoms with Gasteiger partial charge in [0.05, 0.1) is 0 Å². The minimum atomic E-state index is -1.61. The second-order valence-electron chi connectivity index (χ2n) is 23.0. The maximum Gasteiger partial charge on any atom is -1.00 e. The van der Waals surface area contributed by atoms with E-state index in [0.29, 0.717) is 9.54 Å². The number of hydrogen-bond donors (Lipinski definition) is 0. The standard InChI is InChI=1S/C55H57.C12H11Si.2ClH.Zr/c1-10-20-38-34-46-43(45-33-37-22-11-12-24-40(37)41-25-13-14-26-42(41)45)27-18-28-44(46)48(38)47-29-19-32-50(4)49(3)30-15-16-31-51(49,5)55(9)52(6,54(47,50)8)35-39-23-17-21-36(2)53(39,55)7;1-3-7-11(8-4-1)13-12-9-5-2-6-10-12;;;/h11-19,21-35,39,48H,10,20H2,1-9H3;1-10,13H;2*1H;/q;;;;+2/p-2. The fourth-order valence-electron chi connectivity index (χ4n) is 17.3. The first-order valence-corrected chi connectivity index (χ1v) is 33.4. The van der Waals surface area contributed by atoms with Gasteiger partial charge in [0.15, 0.2) is 0 Å². The first-order valence-electron chi connectivity index (χ1n) is 26.0. The first kappa shape index (κ1) is 50.2. The van der Waals surface area contributed by atoms with Gasteiger partial charge in [0, 0.05) is 0 Å². The molecule has 4 heteroatoms. The van der Waals surface area contributed by atoms with Crippen molar-refractivity contribution in [2.45, 2.75) is 84.7 Å². The predicted molar refractivity (Wildman–Crippen MR) is 294 cm³/mol. The normalized spacial score (nSPS) is 33.7. The van der Waals surface area contributed by atoms with Crippen molar-refractivity contribution >= 4 is 43.9 Å². The molecular weight excluding hydrogens is 995 g/mol. The van der Waals surface area contributed by atoms with Crippen LogP contribution in [0.25, 0.3) is 38.7 Å². The average Bonchev–Trinajstić information content (AvgIpc) is 3.81. The maximum absolute atomic E-state index is 2.91. The van der Waals surface area contributed by atoms with Crippen molar-refractivity contribution in [3.8, 4) is 11.1 Å². The molecule has 6 aromatic rings. The third-order valence-corrected chi connectivity index (χ3v) is 36.5. The smallest absolute Gasteiger partial charge is 1.00 e. The van der Waals surface area contributed by atoms with E-state index in [4.69, 9.17) is 0 Å². The van der Waals surface area contributed by atoms with Crippen LogP contribution in [0.15, 0.2) is 211 Å². The van der Waals surface area contributed by atoms with Crippen molar-refractivity contribution in [3.05, 3.63) is 222 Å². The monoisotopic (exact) mass is 1060 g/mol. The molecule has 2 saturated carbocycles. The molecule has 2 fully saturated rings. The van der Waals surface area contributed by atoms with Gasteiger partial charge in [-0.15, -0.1) is 0 Å². The summed E-state index contributed by atoms with van der Waals surface area (Å²) < 4.78 is 0.558. The van der Waals surface area contributed by atoms with Gasteiger partial charge in [0.2, 0.25) is 0 Å². The molecular formula is C67H68Cl2SiZr. The van der Waals surface area contributed by atoms with Gasteiger partial charge in [-0.1, -0.05) is 24.3 Å². The Bertz CT molecular complexity index is 3280. The third kappa shape index (κ3) is 6.18. The Labute approximate surface area is 449 Å². The zero-order chi connectivity index (χ0) is 47.8. The topological polar surface area (TPSA) is 0 Å². The number of fused-ring (bicyclic) bond motifs is 12. The van der Waals surface area contributed by atoms with Gasteiger partial charge in [-0.05, 0) is 0 Å². The van der Waals surface area contributed by atoms with E-state index >= 15 is 0 Å². The molecule has 0 amide bonds. The van der Waals surface area contributed by atoms with Crippen molar-refractivity contribution in [2.24, 2.45) is 43.8 Å². The summed E-state index contributed by atoms with van der Waals surface area (Å²) in [6, 6.07) is 51.7. The summed E-state index contributed by atoms with van der Waals surface area (Å²) in [5.41, 5.74) is 9.28. The Morgan fingerprint density at radius 1 is 0.577 bits per heavy atom. The number of hydrogen-bond acceptors (Lipinski definition) is 0. The van der Waals surface area contributed by atoms with Gasteiger partial charge in [-0.2, -0.15) is 0 Å². The zero-order valence-electron chi connectivity index (χ0n) is 43.0. The molecule has 0 N–H and O–H groups in total. The first-order chi connectivity index (χ1) is 33.2. The summed E-state index contributed by atoms with van der Waals surface area (Å²) in [4.78, 5) is 0. The molecule has 0 nitrogen and oxygen atoms in total. The van der Waals surface area contributed by atoms with E-state index in [1.807, 2.05) is 0 Å². The molecule has 0 radical (unpaired) electrons. The summed E-state index contributed by atoms with van der Waals surface area (Å²) >= 11 is -1.28. The molecule has 6 aromatic carbocycles. The largest absolute Gasteiger partial charge is 1.00 e. The molecule has 358 valence electrons. The molecule has 6 aliphatic carbocycles. The molecule has 10 unspecified atom stereocenters. The number of allylic oxidation sites excluding steroid dienone is 13. The molecule has 0 saturated heterocycles. The summed E-state index contributed by atoms with van der Waals surface area (Å²) in [6.45, 7) is 24.4. The minimum Gasteiger partial charge on any atom is -1.00 e. The van der Waals surface area contributed by atoms with E-state index in [1.54, 1.807) is 27.1 Å². The van der Waals surface area contributed by atoms with Crippen molar-refractivity contribution < 1.29 is 47.2 Å². The number of benzene rings is 6. The van der Waals surface area contributed by atoms with E-state index in [9.17, 15) is 0 Å². The Morgan fingerprint density at radius 3 is 1.86 bits per heavy atom. The van der Waals surface area contributed by atoms with Gasteiger partial charge < -0.3 is 24.8 Å². The van der Waals surface area contributed by atoms with Crippen LogP contribution in [0.3, 0.4) is 0 Å². The second-order valence-corrected chi connectivity index (χ2v) is 33.8. The summed E-state index contributed by atoms with van der Waals surface area (Å²) in [5.74, 6) is -0.992. The third-order valence-electron chi connectivity index (χ3n) is 21.4. The number of halogens is 2. The van der Waals surface area contributed by atoms with Crippen LogP contribution >= 0.6 is 0 Å². The van der Waals surface area contributed by atoms with Crippen molar-refractivity contribution in [1.82, 2.24) is 0 Å². The molecule has 12 rings (SSSR count). The fraction of sp³-hybridized carbons (Fsp3) is 0.313. The Balaban J connectivity index is 0.00000291. The zero-order valence-corrected chi connectivity index (χ0v) is 48.2. The van der Waals surface area contributed by atoms with Crippen LogP contribution in [-0.4, -0.2) is 5.92 Å². The van der Waals surface area contributed by atoms with Gasteiger partial charge in [0.25, 0.3) is 0 Å². The summed E-state index contributed by atoms with van der Waals surface area (Å²) in [5, 5.41) is 8.56. The molecule has 6 aliphatic rings. The Kier molecular flexibility index (Phi) is 12.5. The molecule has 71 heavy (non-hydrogen) atoms. The van der Waals surface area contributed by atoms with Crippen molar-refractivity contribution in [2.75, 3.05) is 0 Å². The molecule has 0 aromatic heterocycles. The van der Waals surface area contributed by atoms with Crippen molar-refractivity contribution in [3.63, 3.8) is 0 Å². The maximum atomic E-state index is 2.91. The molecule has 0 aliphatic heterocycles. The predicted octanol–water partition coefficient (Wildman–Crippen LogP) is 10.2. The Hall–Kier alpha value is -4.30. The molecule has 0 bridgehead atoms. The van der Waals surface area contributed by atoms with Crippen LogP contribution in [-0.2, 0) is 22.4 Å². The average molecular weight is 1060 g/mol. The molecule has 0 heterocycles. The van der Waals surface area contributed by atoms with E-state index in [0.717, 1.165) is 12.8 Å². The minimum absolute atomic E-state index is 0. The van der Waals surface area contributed by atoms with Crippen LogP contribution in [0.5, 0.6) is 0 Å². The van der Waals surface area contributed by atoms with Crippen LogP contribution < -0.4 is 35.2 Å². The van der Waals surface area contributed by atoms with Crippen LogP contribution in [0.4, 0.5) is 0 Å². The Morgan fingerprint density at radius 2 is 1.18 bits per heavy atom. The van der Waals surface area contributed by atoms with E-state index in [1.165, 1.54) is 43.8 Å². The SMILES string of the molecule is CCCC1=Cc2c(-c3cc4ccccc4c4ccccc34)cccc2C1C1=CC=CC2(C)C3(C)C=CC=CC3(C)C3(C)C4(C)C(C)=CC=CC4[CH]([Zr+2][SiH](c4ccccc4)c4ccccc4)C3(C)C12C.[Cl-].[Cl-]. The fourth-order valence-corrected chi connectivity index (χ4v) is 35.0. The second kappa shape index (κ2) is 17.7. The van der Waals surface area contributed by atoms with E-state index in [-0.39, 0.29) is 68.6 Å². The number of rotatable bonds is 8. The van der Waals surface area contributed by atoms with Crippen molar-refractivity contribution in [1.29, 1.82) is 0 Å². The van der Waals surface area contributed by atoms with Gasteiger partial charge in [-0.3, -0.25) is 0 Å². The summed E-state index contributed by atoms with van der Waals surface area (Å²) in [6.07, 6.45) is 30.8. The van der Waals surface area contributed by atoms with Crippen LogP contribution in [0, 0.1) is 43.8 Å². The quantitative estimate of drug-likeness (QED) is 0.105. The van der Waals surface area contributed by atoms with Gasteiger partial charge in [0.1, 0.15) is 0 Å². The molecule has 10 atom stereocenters. The van der Waals surface area contributed by atoms with Crippen LogP contribution in [0.2, 0.25) is 3.63 Å². The van der Waals surface area contributed by atoms with E-state index < -0.39 is 28.3 Å². The van der Waals surface area contributed by atoms with Gasteiger partial charge in [-0.25, -0.2) is 0 Å². The molecule has 0 spiro atoms. The van der Waals surface area contributed by atoms with E-state index in [2.05, 4.69) is 263 Å². The van der Waals surface area contributed by atoms with Crippen LogP contribution in [0.1, 0.15) is 92.2 Å². The summed E-state index contributed by atoms with van der Waals surface area (Å²) in [7, 11) is 0. The van der Waals surface area contributed by atoms with Gasteiger partial charge >= 0.3 is 404 Å².